The Morgan fingerprint density at radius 1 is 1.12 bits per heavy atom. The van der Waals surface area contributed by atoms with Crippen molar-refractivity contribution < 1.29 is 9.90 Å². The maximum absolute atomic E-state index is 11.9. The van der Waals surface area contributed by atoms with E-state index in [-0.39, 0.29) is 11.5 Å². The van der Waals surface area contributed by atoms with Gasteiger partial charge in [0.05, 0.1) is 0 Å². The van der Waals surface area contributed by atoms with E-state index in [2.05, 4.69) is 15.9 Å². The van der Waals surface area contributed by atoms with E-state index >= 15 is 0 Å². The molecule has 0 unspecified atom stereocenters. The van der Waals surface area contributed by atoms with Crippen LogP contribution in [0.3, 0.4) is 0 Å². The number of ketones is 1. The lowest BCUT2D eigenvalue weighted by atomic mass is 10.0. The van der Waals surface area contributed by atoms with Gasteiger partial charge < -0.3 is 5.11 Å². The van der Waals surface area contributed by atoms with Crippen molar-refractivity contribution in [2.45, 2.75) is 6.42 Å². The smallest absolute Gasteiger partial charge is 0.167 e. The number of aromatic hydroxyl groups is 1. The Kier molecular flexibility index (Phi) is 3.59. The van der Waals surface area contributed by atoms with Gasteiger partial charge in [0.2, 0.25) is 0 Å². The predicted molar refractivity (Wildman–Crippen MR) is 70.3 cm³/mol. The largest absolute Gasteiger partial charge is 0.508 e. The van der Waals surface area contributed by atoms with Gasteiger partial charge in [0.15, 0.2) is 5.78 Å². The third-order valence-corrected chi connectivity index (χ3v) is 2.97. The Morgan fingerprint density at radius 3 is 2.47 bits per heavy atom. The molecule has 86 valence electrons. The second-order valence-electron chi connectivity index (χ2n) is 3.78. The van der Waals surface area contributed by atoms with E-state index in [4.69, 9.17) is 0 Å². The van der Waals surface area contributed by atoms with E-state index in [1.54, 1.807) is 30.3 Å². The average molecular weight is 291 g/mol. The number of benzene rings is 2. The van der Waals surface area contributed by atoms with Crippen LogP contribution in [0.1, 0.15) is 15.9 Å². The van der Waals surface area contributed by atoms with Gasteiger partial charge in [0.1, 0.15) is 5.75 Å². The van der Waals surface area contributed by atoms with E-state index in [0.717, 1.165) is 10.0 Å². The fourth-order valence-corrected chi connectivity index (χ4v) is 1.85. The fourth-order valence-electron chi connectivity index (χ4n) is 1.59. The minimum atomic E-state index is 0.0445. The number of phenolic OH excluding ortho intramolecular Hbond substituents is 1. The van der Waals surface area contributed by atoms with E-state index in [1.165, 1.54) is 0 Å². The molecule has 0 aliphatic rings. The zero-order valence-electron chi connectivity index (χ0n) is 9.06. The van der Waals surface area contributed by atoms with Gasteiger partial charge in [-0.25, -0.2) is 0 Å². The summed E-state index contributed by atoms with van der Waals surface area (Å²) in [7, 11) is 0. The molecule has 0 heterocycles. The SMILES string of the molecule is O=C(Cc1cccc(O)c1)c1ccc(Br)cc1. The van der Waals surface area contributed by atoms with Crippen molar-refractivity contribution in [3.63, 3.8) is 0 Å². The van der Waals surface area contributed by atoms with Gasteiger partial charge in [-0.1, -0.05) is 40.2 Å². The second kappa shape index (κ2) is 5.15. The number of rotatable bonds is 3. The molecule has 0 aliphatic heterocycles. The van der Waals surface area contributed by atoms with E-state index < -0.39 is 0 Å². The van der Waals surface area contributed by atoms with Crippen LogP contribution in [0, 0.1) is 0 Å². The standard InChI is InChI=1S/C14H11BrO2/c15-12-6-4-11(5-7-12)14(17)9-10-2-1-3-13(16)8-10/h1-8,16H,9H2. The molecular weight excluding hydrogens is 280 g/mol. The molecule has 0 amide bonds. The van der Waals surface area contributed by atoms with Gasteiger partial charge in [0.25, 0.3) is 0 Å². The molecule has 0 bridgehead atoms. The monoisotopic (exact) mass is 290 g/mol. The van der Waals surface area contributed by atoms with E-state index in [1.807, 2.05) is 18.2 Å². The summed E-state index contributed by atoms with van der Waals surface area (Å²) in [4.78, 5) is 11.9. The third-order valence-electron chi connectivity index (χ3n) is 2.44. The number of halogens is 1. The first kappa shape index (κ1) is 11.9. The fraction of sp³-hybridized carbons (Fsp3) is 0.0714. The summed E-state index contributed by atoms with van der Waals surface area (Å²) < 4.78 is 0.950. The Hall–Kier alpha value is -1.61. The topological polar surface area (TPSA) is 37.3 Å². The summed E-state index contributed by atoms with van der Waals surface area (Å²) in [6.45, 7) is 0. The molecule has 0 saturated heterocycles. The highest BCUT2D eigenvalue weighted by molar-refractivity contribution is 9.10. The molecule has 0 aliphatic carbocycles. The number of hydrogen-bond acceptors (Lipinski definition) is 2. The molecule has 1 N–H and O–H groups in total. The summed E-state index contributed by atoms with van der Waals surface area (Å²) >= 11 is 3.33. The third kappa shape index (κ3) is 3.17. The van der Waals surface area contributed by atoms with Gasteiger partial charge in [-0.3, -0.25) is 4.79 Å². The van der Waals surface area contributed by atoms with Crippen LogP contribution in [0.2, 0.25) is 0 Å². The van der Waals surface area contributed by atoms with Crippen LogP contribution < -0.4 is 0 Å². The van der Waals surface area contributed by atoms with E-state index in [0.29, 0.717) is 12.0 Å². The van der Waals surface area contributed by atoms with E-state index in [9.17, 15) is 9.90 Å². The molecule has 0 atom stereocenters. The van der Waals surface area contributed by atoms with Crippen molar-refractivity contribution in [2.75, 3.05) is 0 Å². The lowest BCUT2D eigenvalue weighted by Crippen LogP contribution is -2.02. The van der Waals surface area contributed by atoms with Crippen LogP contribution >= 0.6 is 15.9 Å². The van der Waals surface area contributed by atoms with Crippen molar-refractivity contribution in [2.24, 2.45) is 0 Å². The van der Waals surface area contributed by atoms with Crippen molar-refractivity contribution in [3.05, 3.63) is 64.1 Å². The van der Waals surface area contributed by atoms with Crippen LogP contribution in [0.25, 0.3) is 0 Å². The Labute approximate surface area is 108 Å². The number of Topliss-reactive ketones (excluding diaryl/α,β-unsaturated/α-hetero) is 1. The van der Waals surface area contributed by atoms with Crippen molar-refractivity contribution in [1.82, 2.24) is 0 Å². The molecule has 0 aromatic heterocycles. The summed E-state index contributed by atoms with van der Waals surface area (Å²) in [5.74, 6) is 0.231. The molecule has 0 fully saturated rings. The molecule has 0 saturated carbocycles. The van der Waals surface area contributed by atoms with Gasteiger partial charge in [-0.05, 0) is 29.8 Å². The Balaban J connectivity index is 2.14. The van der Waals surface area contributed by atoms with Crippen LogP contribution in [-0.2, 0) is 6.42 Å². The molecule has 2 nitrogen and oxygen atoms in total. The van der Waals surface area contributed by atoms with Gasteiger partial charge >= 0.3 is 0 Å². The predicted octanol–water partition coefficient (Wildman–Crippen LogP) is 3.58. The second-order valence-corrected chi connectivity index (χ2v) is 4.69. The first-order valence-corrected chi connectivity index (χ1v) is 6.01. The highest BCUT2D eigenvalue weighted by atomic mass is 79.9. The molecule has 0 radical (unpaired) electrons. The summed E-state index contributed by atoms with van der Waals surface area (Å²) in [6, 6.07) is 14.0. The molecule has 3 heteroatoms. The average Bonchev–Trinajstić information content (AvgIpc) is 2.29. The van der Waals surface area contributed by atoms with Crippen LogP contribution in [-0.4, -0.2) is 10.9 Å². The van der Waals surface area contributed by atoms with Crippen LogP contribution in [0.15, 0.2) is 53.0 Å². The molecule has 2 rings (SSSR count). The Bertz CT molecular complexity index is 532. The van der Waals surface area contributed by atoms with Crippen molar-refractivity contribution >= 4 is 21.7 Å². The summed E-state index contributed by atoms with van der Waals surface area (Å²) in [6.07, 6.45) is 0.302. The zero-order valence-corrected chi connectivity index (χ0v) is 10.6. The lowest BCUT2D eigenvalue weighted by Gasteiger charge is -2.02. The molecule has 2 aromatic rings. The zero-order chi connectivity index (χ0) is 12.3. The number of hydrogen-bond donors (Lipinski definition) is 1. The Morgan fingerprint density at radius 2 is 1.82 bits per heavy atom. The first-order valence-electron chi connectivity index (χ1n) is 5.22. The van der Waals surface area contributed by atoms with Gasteiger partial charge in [0, 0.05) is 16.5 Å². The molecule has 2 aromatic carbocycles. The summed E-state index contributed by atoms with van der Waals surface area (Å²) in [5, 5.41) is 9.32. The highest BCUT2D eigenvalue weighted by Gasteiger charge is 2.07. The molecular formula is C14H11BrO2. The highest BCUT2D eigenvalue weighted by Crippen LogP contribution is 2.15. The van der Waals surface area contributed by atoms with Crippen LogP contribution in [0.4, 0.5) is 0 Å². The minimum absolute atomic E-state index is 0.0445. The normalized spacial score (nSPS) is 10.2. The molecule has 17 heavy (non-hydrogen) atoms. The quantitative estimate of drug-likeness (QED) is 0.878. The molecule has 0 spiro atoms. The van der Waals surface area contributed by atoms with Gasteiger partial charge in [-0.15, -0.1) is 0 Å². The minimum Gasteiger partial charge on any atom is -0.508 e. The van der Waals surface area contributed by atoms with Gasteiger partial charge in [-0.2, -0.15) is 0 Å². The maximum atomic E-state index is 11.9. The van der Waals surface area contributed by atoms with Crippen molar-refractivity contribution in [3.8, 4) is 5.75 Å². The summed E-state index contributed by atoms with van der Waals surface area (Å²) in [5.41, 5.74) is 1.49. The van der Waals surface area contributed by atoms with Crippen molar-refractivity contribution in [1.29, 1.82) is 0 Å². The number of carbonyl (C=O) groups is 1. The lowest BCUT2D eigenvalue weighted by molar-refractivity contribution is 0.0993. The van der Waals surface area contributed by atoms with Crippen LogP contribution in [0.5, 0.6) is 5.75 Å². The number of phenols is 1. The number of carbonyl (C=O) groups excluding carboxylic acids is 1. The maximum Gasteiger partial charge on any atom is 0.167 e. The first-order chi connectivity index (χ1) is 8.15.